The van der Waals surface area contributed by atoms with E-state index in [1.807, 2.05) is 25.1 Å². The third kappa shape index (κ3) is 7.72. The molecule has 2 heterocycles. The van der Waals surface area contributed by atoms with E-state index in [1.165, 1.54) is 7.11 Å². The van der Waals surface area contributed by atoms with Crippen LogP contribution in [0.4, 0.5) is 0 Å². The van der Waals surface area contributed by atoms with Gasteiger partial charge in [-0.05, 0) is 69.6 Å². The second-order valence-corrected chi connectivity index (χ2v) is 11.4. The molecule has 8 nitrogen and oxygen atoms in total. The van der Waals surface area contributed by atoms with Crippen LogP contribution in [0.25, 0.3) is 0 Å². The summed E-state index contributed by atoms with van der Waals surface area (Å²) in [6, 6.07) is 15.5. The molecule has 2 aliphatic heterocycles. The summed E-state index contributed by atoms with van der Waals surface area (Å²) in [5.74, 6) is -1.13. The number of carbonyl (C=O) groups is 1. The van der Waals surface area contributed by atoms with Crippen LogP contribution in [0.15, 0.2) is 53.7 Å². The molecule has 2 saturated heterocycles. The van der Waals surface area contributed by atoms with E-state index in [-0.39, 0.29) is 11.8 Å². The van der Waals surface area contributed by atoms with Gasteiger partial charge in [-0.1, -0.05) is 58.7 Å². The Morgan fingerprint density at radius 1 is 1.18 bits per heavy atom. The smallest absolute Gasteiger partial charge is 0.254 e. The Bertz CT molecular complexity index is 1120. The normalized spacial score (nSPS) is 22.2. The Balaban J connectivity index is 1.43. The van der Waals surface area contributed by atoms with E-state index in [1.54, 1.807) is 30.1 Å². The summed E-state index contributed by atoms with van der Waals surface area (Å²) in [4.78, 5) is 24.8. The summed E-state index contributed by atoms with van der Waals surface area (Å²) in [6.07, 6.45) is 2.88. The zero-order valence-corrected chi connectivity index (χ0v) is 24.5. The van der Waals surface area contributed by atoms with Gasteiger partial charge in [0.05, 0.1) is 12.3 Å². The summed E-state index contributed by atoms with van der Waals surface area (Å²) in [5.41, 5.74) is 2.34. The largest absolute Gasteiger partial charge is 0.399 e. The lowest BCUT2D eigenvalue weighted by Gasteiger charge is -2.41. The quantitative estimate of drug-likeness (QED) is 0.325. The van der Waals surface area contributed by atoms with E-state index < -0.39 is 5.85 Å². The van der Waals surface area contributed by atoms with Crippen molar-refractivity contribution in [3.8, 4) is 0 Å². The predicted molar refractivity (Wildman–Crippen MR) is 156 cm³/mol. The zero-order valence-electron chi connectivity index (χ0n) is 22.9. The minimum atomic E-state index is -0.920. The number of halogens is 2. The van der Waals surface area contributed by atoms with Crippen molar-refractivity contribution in [1.82, 2.24) is 20.0 Å². The maximum Gasteiger partial charge on any atom is 0.254 e. The van der Waals surface area contributed by atoms with Crippen LogP contribution in [0.5, 0.6) is 0 Å². The van der Waals surface area contributed by atoms with Crippen LogP contribution in [-0.4, -0.2) is 96.7 Å². The Morgan fingerprint density at radius 3 is 2.44 bits per heavy atom. The van der Waals surface area contributed by atoms with Crippen molar-refractivity contribution in [2.75, 3.05) is 53.4 Å². The monoisotopic (exact) mass is 575 g/mol. The molecule has 0 radical (unpaired) electrons. The van der Waals surface area contributed by atoms with Gasteiger partial charge in [-0.15, -0.1) is 0 Å². The number of hydrogen-bond acceptors (Lipinski definition) is 7. The van der Waals surface area contributed by atoms with Gasteiger partial charge in [0, 0.05) is 47.7 Å². The molecule has 10 heteroatoms. The molecule has 0 spiro atoms. The molecule has 2 unspecified atom stereocenters. The Labute approximate surface area is 241 Å². The molecule has 0 aromatic heterocycles. The topological polar surface area (TPSA) is 80.6 Å². The summed E-state index contributed by atoms with van der Waals surface area (Å²) in [7, 11) is 3.28. The van der Waals surface area contributed by atoms with Crippen LogP contribution in [0.2, 0.25) is 10.0 Å². The van der Waals surface area contributed by atoms with Gasteiger partial charge in [0.1, 0.15) is 7.11 Å². The number of benzene rings is 2. The first-order valence-electron chi connectivity index (χ1n) is 13.5. The van der Waals surface area contributed by atoms with E-state index >= 15 is 0 Å². The zero-order chi connectivity index (χ0) is 28.0. The lowest BCUT2D eigenvalue weighted by molar-refractivity contribution is -0.110. The Kier molecular flexibility index (Phi) is 10.3. The number of rotatable bonds is 10. The van der Waals surface area contributed by atoms with Gasteiger partial charge in [0.2, 0.25) is 0 Å². The number of carbonyl (C=O) groups excluding carboxylic acids is 1. The third-order valence-electron chi connectivity index (χ3n) is 7.77. The lowest BCUT2D eigenvalue weighted by atomic mass is 9.89. The van der Waals surface area contributed by atoms with E-state index in [2.05, 4.69) is 32.4 Å². The van der Waals surface area contributed by atoms with E-state index in [4.69, 9.17) is 28.0 Å². The number of piperidine rings is 1. The fraction of sp³-hybridized carbons (Fsp3) is 0.517. The molecule has 2 aromatic carbocycles. The van der Waals surface area contributed by atoms with Crippen molar-refractivity contribution in [2.45, 2.75) is 44.0 Å². The molecule has 212 valence electrons. The van der Waals surface area contributed by atoms with Crippen LogP contribution in [0, 0.1) is 0 Å². The molecule has 0 saturated carbocycles. The number of amides is 1. The summed E-state index contributed by atoms with van der Waals surface area (Å²) < 4.78 is 0. The maximum absolute atomic E-state index is 13.2. The molecule has 39 heavy (non-hydrogen) atoms. The van der Waals surface area contributed by atoms with E-state index in [0.717, 1.165) is 63.3 Å². The van der Waals surface area contributed by atoms with Crippen LogP contribution in [0.1, 0.15) is 48.0 Å². The number of likely N-dealkylation sites (tertiary alicyclic amines) is 1. The van der Waals surface area contributed by atoms with Gasteiger partial charge in [0.25, 0.3) is 5.91 Å². The van der Waals surface area contributed by atoms with Crippen LogP contribution in [0.3, 0.4) is 0 Å². The fourth-order valence-electron chi connectivity index (χ4n) is 5.78. The van der Waals surface area contributed by atoms with Crippen molar-refractivity contribution in [1.29, 1.82) is 0 Å². The first kappa shape index (κ1) is 29.8. The number of nitrogens with zero attached hydrogens (tertiary/aromatic N) is 4. The van der Waals surface area contributed by atoms with E-state index in [0.29, 0.717) is 28.2 Å². The second kappa shape index (κ2) is 13.4. The van der Waals surface area contributed by atoms with Crippen molar-refractivity contribution in [3.63, 3.8) is 0 Å². The van der Waals surface area contributed by atoms with Gasteiger partial charge in [-0.3, -0.25) is 15.0 Å². The molecule has 0 aliphatic carbocycles. The molecular formula is C29H39Cl2N5O3. The fourth-order valence-corrected chi connectivity index (χ4v) is 6.31. The van der Waals surface area contributed by atoms with Gasteiger partial charge in [-0.2, -0.15) is 0 Å². The van der Waals surface area contributed by atoms with Gasteiger partial charge < -0.3 is 19.7 Å². The minimum Gasteiger partial charge on any atom is -0.399 e. The first-order valence-corrected chi connectivity index (χ1v) is 14.3. The molecule has 0 bridgehead atoms. The van der Waals surface area contributed by atoms with Crippen LogP contribution in [-0.2, 0) is 4.84 Å². The predicted octanol–water partition coefficient (Wildman–Crippen LogP) is 4.28. The van der Waals surface area contributed by atoms with Crippen molar-refractivity contribution >= 4 is 34.8 Å². The van der Waals surface area contributed by atoms with Gasteiger partial charge in [-0.25, -0.2) is 0 Å². The highest BCUT2D eigenvalue weighted by Crippen LogP contribution is 2.27. The molecule has 1 amide bonds. The summed E-state index contributed by atoms with van der Waals surface area (Å²) >= 11 is 12.3. The molecule has 2 atom stereocenters. The third-order valence-corrected chi connectivity index (χ3v) is 8.21. The SMILES string of the molecule is CO/N=C(\CN(C)C(=O)c1cc(Cl)cc(Cl)c1)C(CCN1CCC(N2CCNC2(C)O)CC1)c1ccccc1. The molecule has 2 N–H and O–H groups in total. The lowest BCUT2D eigenvalue weighted by Crippen LogP contribution is -2.55. The highest BCUT2D eigenvalue weighted by atomic mass is 35.5. The second-order valence-electron chi connectivity index (χ2n) is 10.6. The van der Waals surface area contributed by atoms with Crippen molar-refractivity contribution in [3.05, 3.63) is 69.7 Å². The van der Waals surface area contributed by atoms with Crippen molar-refractivity contribution in [2.24, 2.45) is 5.16 Å². The van der Waals surface area contributed by atoms with Gasteiger partial charge in [0.15, 0.2) is 5.85 Å². The van der Waals surface area contributed by atoms with Crippen LogP contribution < -0.4 is 5.32 Å². The average molecular weight is 577 g/mol. The van der Waals surface area contributed by atoms with Crippen molar-refractivity contribution < 1.29 is 14.7 Å². The molecule has 2 aliphatic rings. The summed E-state index contributed by atoms with van der Waals surface area (Å²) in [5, 5.41) is 19.1. The highest BCUT2D eigenvalue weighted by Gasteiger charge is 2.39. The minimum absolute atomic E-state index is 0.0226. The molecule has 4 rings (SSSR count). The summed E-state index contributed by atoms with van der Waals surface area (Å²) in [6.45, 7) is 6.68. The Hall–Kier alpha value is -2.20. The Morgan fingerprint density at radius 2 is 1.85 bits per heavy atom. The molecule has 2 fully saturated rings. The number of oxime groups is 1. The molecule has 2 aromatic rings. The number of aliphatic hydroxyl groups is 1. The van der Waals surface area contributed by atoms with Gasteiger partial charge >= 0.3 is 0 Å². The average Bonchev–Trinajstić information content (AvgIpc) is 3.27. The number of nitrogens with one attached hydrogen (secondary N) is 1. The maximum atomic E-state index is 13.2. The molecular weight excluding hydrogens is 537 g/mol. The highest BCUT2D eigenvalue weighted by molar-refractivity contribution is 6.35. The number of hydrogen-bond donors (Lipinski definition) is 2. The first-order chi connectivity index (χ1) is 18.7. The standard InChI is InChI=1S/C29H39Cl2N5O3/c1-29(38)32-12-16-36(29)25-9-13-35(14-10-25)15-11-26(21-7-5-4-6-8-21)27(33-39-3)20-34(2)28(37)22-17-23(30)19-24(31)18-22/h4-8,17-19,25-26,32,38H,9-16,20H2,1-3H3/b33-27+. The van der Waals surface area contributed by atoms with E-state index in [9.17, 15) is 9.90 Å². The van der Waals surface area contributed by atoms with Crippen LogP contribution >= 0.6 is 23.2 Å².